The Morgan fingerprint density at radius 2 is 1.40 bits per heavy atom. The molecule has 0 aliphatic rings. The molecule has 3 heteroatoms. The minimum atomic E-state index is -0.0812. The lowest BCUT2D eigenvalue weighted by molar-refractivity contribution is 0.587. The van der Waals surface area contributed by atoms with Gasteiger partial charge in [0.1, 0.15) is 17.0 Å². The molecule has 196 valence electrons. The van der Waals surface area contributed by atoms with Crippen LogP contribution in [-0.4, -0.2) is 9.55 Å². The van der Waals surface area contributed by atoms with Crippen LogP contribution in [0.3, 0.4) is 0 Å². The fourth-order valence-electron chi connectivity index (χ4n) is 5.92. The minimum absolute atomic E-state index is 0.0812. The van der Waals surface area contributed by atoms with Crippen molar-refractivity contribution in [3.8, 4) is 28.2 Å². The Morgan fingerprint density at radius 1 is 0.675 bits per heavy atom. The van der Waals surface area contributed by atoms with Crippen LogP contribution in [0.2, 0.25) is 0 Å². The topological polar surface area (TPSA) is 31.0 Å². The van der Waals surface area contributed by atoms with E-state index in [0.717, 1.165) is 50.2 Å². The fourth-order valence-corrected chi connectivity index (χ4v) is 5.92. The molecular weight excluding hydrogens is 488 g/mol. The van der Waals surface area contributed by atoms with Gasteiger partial charge in [-0.15, -0.1) is 0 Å². The minimum Gasteiger partial charge on any atom is -0.456 e. The van der Waals surface area contributed by atoms with Crippen LogP contribution in [0.1, 0.15) is 37.5 Å². The summed E-state index contributed by atoms with van der Waals surface area (Å²) in [5, 5.41) is 2.31. The van der Waals surface area contributed by atoms with Crippen molar-refractivity contribution in [3.05, 3.63) is 120 Å². The molecule has 0 atom stereocenters. The Kier molecular flexibility index (Phi) is 5.47. The van der Waals surface area contributed by atoms with Gasteiger partial charge >= 0.3 is 0 Å². The molecule has 0 saturated heterocycles. The molecule has 0 fully saturated rings. The highest BCUT2D eigenvalue weighted by Crippen LogP contribution is 2.39. The van der Waals surface area contributed by atoms with Gasteiger partial charge in [0, 0.05) is 16.3 Å². The second-order valence-electron chi connectivity index (χ2n) is 11.8. The maximum absolute atomic E-state index is 6.32. The van der Waals surface area contributed by atoms with Crippen molar-refractivity contribution in [1.29, 1.82) is 0 Å². The van der Waals surface area contributed by atoms with E-state index in [4.69, 9.17) is 9.40 Å². The number of nitrogens with zero attached hydrogens (tertiary/aromatic N) is 2. The number of fused-ring (bicyclic) bond motifs is 4. The number of para-hydroxylation sites is 2. The summed E-state index contributed by atoms with van der Waals surface area (Å²) in [5.74, 6) is 0.931. The Hall–Kier alpha value is -4.63. The number of benzene rings is 5. The predicted octanol–water partition coefficient (Wildman–Crippen LogP) is 10.2. The van der Waals surface area contributed by atoms with Crippen molar-refractivity contribution in [1.82, 2.24) is 9.55 Å². The lowest BCUT2D eigenvalue weighted by atomic mass is 9.84. The summed E-state index contributed by atoms with van der Waals surface area (Å²) in [6.45, 7) is 11.1. The SMILES string of the molecule is Cc1ccc(C)c2c1oc1ccc(-c3nc4ccccc4n3-c3ccc(-c4ccccc4)cc3C(C)(C)C)cc12. The smallest absolute Gasteiger partial charge is 0.145 e. The molecule has 3 nitrogen and oxygen atoms in total. The summed E-state index contributed by atoms with van der Waals surface area (Å²) >= 11 is 0. The molecule has 0 N–H and O–H groups in total. The zero-order valence-electron chi connectivity index (χ0n) is 23.6. The number of imidazole rings is 1. The van der Waals surface area contributed by atoms with Gasteiger partial charge in [-0.05, 0) is 89.5 Å². The van der Waals surface area contributed by atoms with Crippen molar-refractivity contribution in [2.24, 2.45) is 0 Å². The molecule has 0 unspecified atom stereocenters. The van der Waals surface area contributed by atoms with Gasteiger partial charge in [-0.25, -0.2) is 4.98 Å². The van der Waals surface area contributed by atoms with E-state index in [1.54, 1.807) is 0 Å². The lowest BCUT2D eigenvalue weighted by Gasteiger charge is -2.25. The molecular formula is C37H32N2O. The standard InChI is InChI=1S/C37H32N2O/c1-23-15-16-24(2)35-34(23)28-21-27(18-20-33(28)40-35)36-38-30-13-9-10-14-32(30)39(36)31-19-17-26(22-29(31)37(3,4)5)25-11-7-6-8-12-25/h6-22H,1-5H3. The Labute approximate surface area is 234 Å². The van der Waals surface area contributed by atoms with Crippen molar-refractivity contribution < 1.29 is 4.42 Å². The molecule has 2 aromatic heterocycles. The molecule has 0 aliphatic carbocycles. The number of rotatable bonds is 3. The molecule has 0 spiro atoms. The average molecular weight is 521 g/mol. The molecule has 0 amide bonds. The summed E-state index contributed by atoms with van der Waals surface area (Å²) < 4.78 is 8.66. The molecule has 0 aliphatic heterocycles. The summed E-state index contributed by atoms with van der Waals surface area (Å²) in [5.41, 5.74) is 12.2. The first-order valence-electron chi connectivity index (χ1n) is 13.9. The van der Waals surface area contributed by atoms with Gasteiger partial charge in [-0.1, -0.05) is 81.4 Å². The van der Waals surface area contributed by atoms with E-state index >= 15 is 0 Å². The van der Waals surface area contributed by atoms with Gasteiger partial charge in [0.15, 0.2) is 0 Å². The van der Waals surface area contributed by atoms with E-state index in [2.05, 4.69) is 142 Å². The van der Waals surface area contributed by atoms with E-state index in [-0.39, 0.29) is 5.41 Å². The van der Waals surface area contributed by atoms with Crippen LogP contribution < -0.4 is 0 Å². The molecule has 7 rings (SSSR count). The maximum Gasteiger partial charge on any atom is 0.145 e. The van der Waals surface area contributed by atoms with Crippen LogP contribution in [0.25, 0.3) is 61.2 Å². The highest BCUT2D eigenvalue weighted by molar-refractivity contribution is 6.09. The van der Waals surface area contributed by atoms with Crippen molar-refractivity contribution >= 4 is 33.0 Å². The third-order valence-corrected chi connectivity index (χ3v) is 8.00. The van der Waals surface area contributed by atoms with Gasteiger partial charge in [0.2, 0.25) is 0 Å². The molecule has 0 saturated carbocycles. The number of hydrogen-bond acceptors (Lipinski definition) is 2. The molecule has 7 aromatic rings. The summed E-state index contributed by atoms with van der Waals surface area (Å²) in [7, 11) is 0. The van der Waals surface area contributed by atoms with Gasteiger partial charge < -0.3 is 4.42 Å². The summed E-state index contributed by atoms with van der Waals surface area (Å²) in [6, 6.07) is 36.7. The van der Waals surface area contributed by atoms with Crippen molar-refractivity contribution in [2.75, 3.05) is 0 Å². The molecule has 2 heterocycles. The van der Waals surface area contributed by atoms with Crippen molar-refractivity contribution in [3.63, 3.8) is 0 Å². The first kappa shape index (κ1) is 24.4. The summed E-state index contributed by atoms with van der Waals surface area (Å²) in [6.07, 6.45) is 0. The van der Waals surface area contributed by atoms with Crippen LogP contribution in [0, 0.1) is 13.8 Å². The zero-order chi connectivity index (χ0) is 27.6. The maximum atomic E-state index is 6.32. The number of aromatic nitrogens is 2. The van der Waals surface area contributed by atoms with Crippen LogP contribution >= 0.6 is 0 Å². The normalized spacial score (nSPS) is 12.1. The largest absolute Gasteiger partial charge is 0.456 e. The quantitative estimate of drug-likeness (QED) is 0.232. The Bertz CT molecular complexity index is 2050. The molecule has 0 radical (unpaired) electrons. The average Bonchev–Trinajstić information content (AvgIpc) is 3.54. The Morgan fingerprint density at radius 3 is 2.20 bits per heavy atom. The highest BCUT2D eigenvalue weighted by atomic mass is 16.3. The third-order valence-electron chi connectivity index (χ3n) is 8.00. The van der Waals surface area contributed by atoms with Gasteiger partial charge in [0.05, 0.1) is 16.7 Å². The van der Waals surface area contributed by atoms with E-state index in [1.807, 2.05) is 0 Å². The summed E-state index contributed by atoms with van der Waals surface area (Å²) in [4.78, 5) is 5.21. The molecule has 0 bridgehead atoms. The lowest BCUT2D eigenvalue weighted by Crippen LogP contribution is -2.16. The second-order valence-corrected chi connectivity index (χ2v) is 11.8. The number of furan rings is 1. The second kappa shape index (κ2) is 8.96. The van der Waals surface area contributed by atoms with Crippen LogP contribution in [0.15, 0.2) is 108 Å². The third kappa shape index (κ3) is 3.84. The predicted molar refractivity (Wildman–Crippen MR) is 167 cm³/mol. The van der Waals surface area contributed by atoms with E-state index < -0.39 is 0 Å². The van der Waals surface area contributed by atoms with Crippen LogP contribution in [-0.2, 0) is 5.41 Å². The first-order chi connectivity index (χ1) is 19.3. The van der Waals surface area contributed by atoms with Gasteiger partial charge in [-0.3, -0.25) is 4.57 Å². The van der Waals surface area contributed by atoms with E-state index in [9.17, 15) is 0 Å². The van der Waals surface area contributed by atoms with Gasteiger partial charge in [-0.2, -0.15) is 0 Å². The Balaban J connectivity index is 1.51. The van der Waals surface area contributed by atoms with E-state index in [0.29, 0.717) is 0 Å². The monoisotopic (exact) mass is 520 g/mol. The first-order valence-corrected chi connectivity index (χ1v) is 13.9. The molecule has 5 aromatic carbocycles. The fraction of sp³-hybridized carbons (Fsp3) is 0.162. The van der Waals surface area contributed by atoms with Crippen molar-refractivity contribution in [2.45, 2.75) is 40.0 Å². The number of hydrogen-bond donors (Lipinski definition) is 0. The van der Waals surface area contributed by atoms with E-state index in [1.165, 1.54) is 27.6 Å². The zero-order valence-corrected chi connectivity index (χ0v) is 23.6. The molecule has 40 heavy (non-hydrogen) atoms. The van der Waals surface area contributed by atoms with Gasteiger partial charge in [0.25, 0.3) is 0 Å². The highest BCUT2D eigenvalue weighted by Gasteiger charge is 2.24. The van der Waals surface area contributed by atoms with Crippen LogP contribution in [0.5, 0.6) is 0 Å². The number of aryl methyl sites for hydroxylation is 2. The van der Waals surface area contributed by atoms with Crippen LogP contribution in [0.4, 0.5) is 0 Å².